The normalized spacial score (nSPS) is 13.0. The highest BCUT2D eigenvalue weighted by atomic mass is 19.1. The van der Waals surface area contributed by atoms with Crippen LogP contribution < -0.4 is 20.3 Å². The molecule has 0 spiro atoms. The van der Waals surface area contributed by atoms with Crippen LogP contribution in [0.4, 0.5) is 26.2 Å². The lowest BCUT2D eigenvalue weighted by Gasteiger charge is -2.18. The molecule has 8 nitrogen and oxygen atoms in total. The Morgan fingerprint density at radius 2 is 1.85 bits per heavy atom. The van der Waals surface area contributed by atoms with Crippen LogP contribution >= 0.6 is 0 Å². The first-order valence-electron chi connectivity index (χ1n) is 11.0. The molecule has 0 atom stereocenters. The molecule has 1 aliphatic rings. The zero-order valence-corrected chi connectivity index (χ0v) is 18.3. The third-order valence-electron chi connectivity index (χ3n) is 5.52. The summed E-state index contributed by atoms with van der Waals surface area (Å²) in [6.45, 7) is 2.04. The molecule has 2 aromatic carbocycles. The fraction of sp³-hybridized carbons (Fsp3) is 0.160. The van der Waals surface area contributed by atoms with Crippen molar-refractivity contribution in [1.82, 2.24) is 15.2 Å². The molecule has 9 heteroatoms. The van der Waals surface area contributed by atoms with Crippen LogP contribution in [0.2, 0.25) is 0 Å². The number of urea groups is 1. The zero-order valence-electron chi connectivity index (χ0n) is 18.3. The van der Waals surface area contributed by atoms with Gasteiger partial charge in [0.05, 0.1) is 11.9 Å². The van der Waals surface area contributed by atoms with Gasteiger partial charge >= 0.3 is 6.03 Å². The number of halogens is 1. The first kappa shape index (κ1) is 21.4. The smallest absolute Gasteiger partial charge is 0.323 e. The predicted octanol–water partition coefficient (Wildman–Crippen LogP) is 5.65. The summed E-state index contributed by atoms with van der Waals surface area (Å²) in [5.74, 6) is -0.134. The highest BCUT2D eigenvalue weighted by Crippen LogP contribution is 2.29. The van der Waals surface area contributed by atoms with Crippen molar-refractivity contribution in [3.8, 4) is 22.8 Å². The number of amides is 2. The van der Waals surface area contributed by atoms with E-state index in [1.807, 2.05) is 24.3 Å². The van der Waals surface area contributed by atoms with E-state index in [2.05, 4.69) is 30.7 Å². The van der Waals surface area contributed by atoms with Gasteiger partial charge in [-0.2, -0.15) is 5.10 Å². The van der Waals surface area contributed by atoms with Gasteiger partial charge in [-0.25, -0.2) is 9.18 Å². The van der Waals surface area contributed by atoms with Gasteiger partial charge in [-0.3, -0.25) is 10.1 Å². The topological polar surface area (TPSA) is 95.2 Å². The highest BCUT2D eigenvalue weighted by molar-refractivity contribution is 6.00. The molecule has 2 amide bonds. The number of aromatic amines is 1. The standard InChI is InChI=1S/C25H23FN6O2/c26-22-13-19(31-25(33)30-18-4-3-5-20(12-18)32-10-1-2-11-32)6-7-24(22)34-21-8-9-27-23(14-21)17-15-28-29-16-17/h3-9,12-16H,1-2,10-11H2,(H,28,29)(H2,30,31,33). The minimum Gasteiger partial charge on any atom is -0.454 e. The number of H-pyrrole nitrogens is 1. The minimum absolute atomic E-state index is 0.0358. The number of ether oxygens (including phenoxy) is 1. The molecule has 0 radical (unpaired) electrons. The van der Waals surface area contributed by atoms with Crippen molar-refractivity contribution in [2.75, 3.05) is 28.6 Å². The summed E-state index contributed by atoms with van der Waals surface area (Å²) in [6, 6.07) is 14.8. The molecule has 34 heavy (non-hydrogen) atoms. The van der Waals surface area contributed by atoms with Crippen molar-refractivity contribution in [3.05, 3.63) is 79.0 Å². The van der Waals surface area contributed by atoms with Gasteiger partial charge in [-0.1, -0.05) is 6.07 Å². The maximum absolute atomic E-state index is 14.7. The largest absolute Gasteiger partial charge is 0.454 e. The lowest BCUT2D eigenvalue weighted by molar-refractivity contribution is 0.262. The second kappa shape index (κ2) is 9.62. The third kappa shape index (κ3) is 4.98. The molecule has 3 N–H and O–H groups in total. The fourth-order valence-corrected chi connectivity index (χ4v) is 3.86. The number of nitrogens with zero attached hydrogens (tertiary/aromatic N) is 3. The number of carbonyl (C=O) groups excluding carboxylic acids is 1. The van der Waals surface area contributed by atoms with Crippen LogP contribution in [-0.2, 0) is 0 Å². The first-order chi connectivity index (χ1) is 16.6. The Morgan fingerprint density at radius 1 is 1.03 bits per heavy atom. The Hall–Kier alpha value is -4.40. The number of nitrogens with one attached hydrogen (secondary N) is 3. The second-order valence-electron chi connectivity index (χ2n) is 7.93. The summed E-state index contributed by atoms with van der Waals surface area (Å²) >= 11 is 0. The van der Waals surface area contributed by atoms with Crippen LogP contribution in [-0.4, -0.2) is 34.3 Å². The molecule has 1 aliphatic heterocycles. The molecule has 4 aromatic rings. The molecule has 1 saturated heterocycles. The molecule has 1 fully saturated rings. The minimum atomic E-state index is -0.601. The van der Waals surface area contributed by atoms with E-state index in [1.165, 1.54) is 25.0 Å². The second-order valence-corrected chi connectivity index (χ2v) is 7.93. The Labute approximate surface area is 195 Å². The molecule has 172 valence electrons. The van der Waals surface area contributed by atoms with Crippen LogP contribution in [0.3, 0.4) is 0 Å². The number of pyridine rings is 1. The van der Waals surface area contributed by atoms with Crippen LogP contribution in [0.1, 0.15) is 12.8 Å². The van der Waals surface area contributed by atoms with Gasteiger partial charge in [0.25, 0.3) is 0 Å². The van der Waals surface area contributed by atoms with Gasteiger partial charge in [0.2, 0.25) is 0 Å². The average Bonchev–Trinajstić information content (AvgIpc) is 3.56. The summed E-state index contributed by atoms with van der Waals surface area (Å²) in [5, 5.41) is 12.1. The van der Waals surface area contributed by atoms with E-state index in [4.69, 9.17) is 4.74 Å². The van der Waals surface area contributed by atoms with E-state index in [0.29, 0.717) is 22.8 Å². The Balaban J connectivity index is 1.22. The van der Waals surface area contributed by atoms with Crippen LogP contribution in [0, 0.1) is 5.82 Å². The summed E-state index contributed by atoms with van der Waals surface area (Å²) in [5.41, 5.74) is 3.51. The molecule has 0 aliphatic carbocycles. The summed E-state index contributed by atoms with van der Waals surface area (Å²) < 4.78 is 20.4. The van der Waals surface area contributed by atoms with E-state index in [1.54, 1.807) is 36.8 Å². The zero-order chi connectivity index (χ0) is 23.3. The van der Waals surface area contributed by atoms with Gasteiger partial charge in [-0.05, 0) is 49.2 Å². The van der Waals surface area contributed by atoms with Crippen molar-refractivity contribution >= 4 is 23.1 Å². The first-order valence-corrected chi connectivity index (χ1v) is 11.0. The number of carbonyl (C=O) groups is 1. The van der Waals surface area contributed by atoms with Crippen molar-refractivity contribution < 1.29 is 13.9 Å². The van der Waals surface area contributed by atoms with Crippen molar-refractivity contribution in [2.24, 2.45) is 0 Å². The van der Waals surface area contributed by atoms with Gasteiger partial charge in [0.1, 0.15) is 5.75 Å². The van der Waals surface area contributed by atoms with Crippen LogP contribution in [0.5, 0.6) is 11.5 Å². The SMILES string of the molecule is O=C(Nc1cccc(N2CCCC2)c1)Nc1ccc(Oc2ccnc(-c3cn[nH]c3)c2)c(F)c1. The van der Waals surface area contributed by atoms with E-state index < -0.39 is 11.8 Å². The van der Waals surface area contributed by atoms with Crippen molar-refractivity contribution in [2.45, 2.75) is 12.8 Å². The quantitative estimate of drug-likeness (QED) is 0.347. The monoisotopic (exact) mass is 458 g/mol. The summed E-state index contributed by atoms with van der Waals surface area (Å²) in [7, 11) is 0. The molecule has 0 unspecified atom stereocenters. The van der Waals surface area contributed by atoms with Gasteiger partial charge in [0.15, 0.2) is 11.6 Å². The molecule has 3 heterocycles. The predicted molar refractivity (Wildman–Crippen MR) is 129 cm³/mol. The van der Waals surface area contributed by atoms with Gasteiger partial charge in [0, 0.05) is 60.2 Å². The third-order valence-corrected chi connectivity index (χ3v) is 5.52. The highest BCUT2D eigenvalue weighted by Gasteiger charge is 2.14. The van der Waals surface area contributed by atoms with Crippen LogP contribution in [0.15, 0.2) is 73.2 Å². The number of hydrogen-bond acceptors (Lipinski definition) is 5. The van der Waals surface area contributed by atoms with E-state index in [-0.39, 0.29) is 5.75 Å². The number of hydrogen-bond donors (Lipinski definition) is 3. The Kier molecular flexibility index (Phi) is 6.07. The van der Waals surface area contributed by atoms with Crippen LogP contribution in [0.25, 0.3) is 11.3 Å². The number of benzene rings is 2. The number of aromatic nitrogens is 3. The lowest BCUT2D eigenvalue weighted by atomic mass is 10.2. The van der Waals surface area contributed by atoms with Crippen molar-refractivity contribution in [3.63, 3.8) is 0 Å². The number of rotatable bonds is 6. The number of anilines is 3. The van der Waals surface area contributed by atoms with E-state index in [0.717, 1.165) is 24.3 Å². The molecule has 2 aromatic heterocycles. The Bertz CT molecular complexity index is 1290. The summed E-state index contributed by atoms with van der Waals surface area (Å²) in [4.78, 5) is 19.0. The maximum atomic E-state index is 14.7. The van der Waals surface area contributed by atoms with E-state index >= 15 is 0 Å². The molecule has 0 bridgehead atoms. The molecule has 0 saturated carbocycles. The van der Waals surface area contributed by atoms with Gasteiger partial charge in [-0.15, -0.1) is 0 Å². The maximum Gasteiger partial charge on any atom is 0.323 e. The molecular weight excluding hydrogens is 435 g/mol. The Morgan fingerprint density at radius 3 is 2.62 bits per heavy atom. The lowest BCUT2D eigenvalue weighted by Crippen LogP contribution is -2.21. The van der Waals surface area contributed by atoms with Gasteiger partial charge < -0.3 is 20.3 Å². The fourth-order valence-electron chi connectivity index (χ4n) is 3.86. The molecule has 5 rings (SSSR count). The summed E-state index contributed by atoms with van der Waals surface area (Å²) in [6.07, 6.45) is 7.28. The van der Waals surface area contributed by atoms with E-state index in [9.17, 15) is 9.18 Å². The molecular formula is C25H23FN6O2. The average molecular weight is 458 g/mol. The van der Waals surface area contributed by atoms with Crippen molar-refractivity contribution in [1.29, 1.82) is 0 Å².